The molecule has 2 N–H and O–H groups in total. The highest BCUT2D eigenvalue weighted by molar-refractivity contribution is 7.84. The summed E-state index contributed by atoms with van der Waals surface area (Å²) >= 11 is 0. The van der Waals surface area contributed by atoms with Gasteiger partial charge in [-0.05, 0) is 45.4 Å². The first-order valence-electron chi connectivity index (χ1n) is 9.82. The summed E-state index contributed by atoms with van der Waals surface area (Å²) < 4.78 is 15.9. The zero-order valence-corrected chi connectivity index (χ0v) is 18.5. The van der Waals surface area contributed by atoms with Crippen LogP contribution in [0.5, 0.6) is 0 Å². The van der Waals surface area contributed by atoms with Crippen LogP contribution in [0.15, 0.2) is 12.4 Å². The smallest absolute Gasteiger partial charge is 0.407 e. The molecule has 1 aliphatic carbocycles. The lowest BCUT2D eigenvalue weighted by atomic mass is 9.66. The lowest BCUT2D eigenvalue weighted by Gasteiger charge is -2.51. The molecule has 2 heterocycles. The zero-order chi connectivity index (χ0) is 20.9. The van der Waals surface area contributed by atoms with Crippen molar-refractivity contribution in [1.29, 1.82) is 0 Å². The van der Waals surface area contributed by atoms with Crippen molar-refractivity contribution in [2.45, 2.75) is 77.6 Å². The van der Waals surface area contributed by atoms with E-state index in [1.807, 2.05) is 20.8 Å². The number of carboxylic acid groups (broad SMARTS) is 1. The maximum absolute atomic E-state index is 13.0. The van der Waals surface area contributed by atoms with Crippen LogP contribution in [0.1, 0.15) is 71.8 Å². The Morgan fingerprint density at radius 3 is 2.46 bits per heavy atom. The molecule has 4 atom stereocenters. The quantitative estimate of drug-likeness (QED) is 0.783. The fourth-order valence-corrected chi connectivity index (χ4v) is 5.40. The van der Waals surface area contributed by atoms with E-state index in [2.05, 4.69) is 35.5 Å². The van der Waals surface area contributed by atoms with Crippen molar-refractivity contribution in [3.05, 3.63) is 23.8 Å². The minimum absolute atomic E-state index is 0.125. The Bertz CT molecular complexity index is 786. The maximum Gasteiger partial charge on any atom is 0.407 e. The van der Waals surface area contributed by atoms with Gasteiger partial charge >= 0.3 is 6.09 Å². The van der Waals surface area contributed by atoms with Gasteiger partial charge in [-0.1, -0.05) is 20.8 Å². The normalized spacial score (nSPS) is 29.0. The van der Waals surface area contributed by atoms with Crippen LogP contribution < -0.4 is 4.72 Å². The lowest BCUT2D eigenvalue weighted by molar-refractivity contribution is -0.00544. The molecule has 1 saturated heterocycles. The standard InChI is InChI=1S/C20H32N4O3S/c1-18(2,3)14-12-20(7-10-24(14)17(25)26)11-13-15(22-9-8-21-13)16(20)23-28(27)19(4,5)6/h8-9,14,16,23H,7,10-12H2,1-6H3,(H,25,26)/t14-,16?,20?,28+/m0/s1. The highest BCUT2D eigenvalue weighted by atomic mass is 32.2. The summed E-state index contributed by atoms with van der Waals surface area (Å²) in [5.41, 5.74) is 1.35. The van der Waals surface area contributed by atoms with Gasteiger partial charge in [0, 0.05) is 30.4 Å². The largest absolute Gasteiger partial charge is 0.465 e. The molecule has 2 unspecified atom stereocenters. The van der Waals surface area contributed by atoms with Gasteiger partial charge < -0.3 is 10.0 Å². The van der Waals surface area contributed by atoms with Crippen LogP contribution in [-0.2, 0) is 17.4 Å². The molecule has 7 nitrogen and oxygen atoms in total. The second kappa shape index (κ2) is 7.06. The summed E-state index contributed by atoms with van der Waals surface area (Å²) in [6, 6.07) is -0.322. The number of carbonyl (C=O) groups is 1. The topological polar surface area (TPSA) is 95.4 Å². The van der Waals surface area contributed by atoms with E-state index < -0.39 is 21.8 Å². The fraction of sp³-hybridized carbons (Fsp3) is 0.750. The van der Waals surface area contributed by atoms with Crippen molar-refractivity contribution in [2.24, 2.45) is 10.8 Å². The van der Waals surface area contributed by atoms with Gasteiger partial charge in [0.2, 0.25) is 0 Å². The Morgan fingerprint density at radius 1 is 1.25 bits per heavy atom. The average Bonchev–Trinajstić information content (AvgIpc) is 2.86. The maximum atomic E-state index is 13.0. The molecule has 1 aromatic heterocycles. The first-order chi connectivity index (χ1) is 12.8. The number of amides is 1. The van der Waals surface area contributed by atoms with E-state index in [0.29, 0.717) is 19.4 Å². The number of piperidine rings is 1. The molecule has 8 heteroatoms. The number of likely N-dealkylation sites (tertiary alicyclic amines) is 1. The number of hydrogen-bond acceptors (Lipinski definition) is 4. The van der Waals surface area contributed by atoms with Gasteiger partial charge in [-0.2, -0.15) is 0 Å². The summed E-state index contributed by atoms with van der Waals surface area (Å²) in [4.78, 5) is 22.6. The minimum atomic E-state index is -1.26. The molecule has 1 fully saturated rings. The van der Waals surface area contributed by atoms with Gasteiger partial charge in [-0.3, -0.25) is 9.97 Å². The predicted octanol–water partition coefficient (Wildman–Crippen LogP) is 3.30. The SMILES string of the molecule is CC(C)(C)[C@@H]1CC2(CCN1C(=O)O)Cc1nccnc1C2N[S@](=O)C(C)(C)C. The van der Waals surface area contributed by atoms with Crippen LogP contribution in [0.4, 0.5) is 4.79 Å². The lowest BCUT2D eigenvalue weighted by Crippen LogP contribution is -2.57. The highest BCUT2D eigenvalue weighted by Gasteiger charge is 2.55. The Hall–Kier alpha value is -1.54. The molecule has 0 bridgehead atoms. The third-order valence-corrected chi connectivity index (χ3v) is 7.63. The average molecular weight is 409 g/mol. The molecule has 1 aromatic rings. The number of rotatable bonds is 2. The van der Waals surface area contributed by atoms with Gasteiger partial charge in [0.1, 0.15) is 0 Å². The molecule has 28 heavy (non-hydrogen) atoms. The number of nitrogens with one attached hydrogen (secondary N) is 1. The molecular weight excluding hydrogens is 376 g/mol. The molecule has 1 aliphatic heterocycles. The Balaban J connectivity index is 2.00. The molecule has 156 valence electrons. The van der Waals surface area contributed by atoms with Crippen LogP contribution in [0.25, 0.3) is 0 Å². The summed E-state index contributed by atoms with van der Waals surface area (Å²) in [5.74, 6) is 0. The van der Waals surface area contributed by atoms with Crippen molar-refractivity contribution in [1.82, 2.24) is 19.6 Å². The Kier molecular flexibility index (Phi) is 5.34. The molecule has 1 spiro atoms. The van der Waals surface area contributed by atoms with Crippen molar-refractivity contribution < 1.29 is 14.1 Å². The van der Waals surface area contributed by atoms with Gasteiger partial charge in [0.05, 0.1) is 33.2 Å². The Morgan fingerprint density at radius 2 is 1.89 bits per heavy atom. The fourth-order valence-electron chi connectivity index (χ4n) is 4.47. The van der Waals surface area contributed by atoms with Crippen LogP contribution >= 0.6 is 0 Å². The van der Waals surface area contributed by atoms with E-state index in [-0.39, 0.29) is 22.9 Å². The molecular formula is C20H32N4O3S. The number of fused-ring (bicyclic) bond motifs is 1. The van der Waals surface area contributed by atoms with Gasteiger partial charge in [0.15, 0.2) is 0 Å². The summed E-state index contributed by atoms with van der Waals surface area (Å²) in [7, 11) is -1.26. The minimum Gasteiger partial charge on any atom is -0.465 e. The summed E-state index contributed by atoms with van der Waals surface area (Å²) in [5, 5.41) is 9.73. The van der Waals surface area contributed by atoms with Crippen LogP contribution in [0.3, 0.4) is 0 Å². The molecule has 0 saturated carbocycles. The third kappa shape index (κ3) is 3.81. The van der Waals surface area contributed by atoms with E-state index >= 15 is 0 Å². The van der Waals surface area contributed by atoms with Gasteiger partial charge in [0.25, 0.3) is 0 Å². The highest BCUT2D eigenvalue weighted by Crippen LogP contribution is 2.54. The first-order valence-corrected chi connectivity index (χ1v) is 11.0. The van der Waals surface area contributed by atoms with Crippen LogP contribution in [0.2, 0.25) is 0 Å². The van der Waals surface area contributed by atoms with E-state index in [4.69, 9.17) is 0 Å². The summed E-state index contributed by atoms with van der Waals surface area (Å²) in [6.07, 6.45) is 4.63. The first kappa shape index (κ1) is 21.2. The molecule has 1 amide bonds. The number of aromatic nitrogens is 2. The monoisotopic (exact) mass is 408 g/mol. The molecule has 2 aliphatic rings. The van der Waals surface area contributed by atoms with E-state index in [9.17, 15) is 14.1 Å². The Labute approximate surface area is 169 Å². The van der Waals surface area contributed by atoms with E-state index in [1.165, 1.54) is 0 Å². The molecule has 0 aromatic carbocycles. The molecule has 0 radical (unpaired) electrons. The van der Waals surface area contributed by atoms with Crippen molar-refractivity contribution in [3.63, 3.8) is 0 Å². The number of hydrogen-bond donors (Lipinski definition) is 2. The number of nitrogens with zero attached hydrogens (tertiary/aromatic N) is 3. The predicted molar refractivity (Wildman–Crippen MR) is 109 cm³/mol. The van der Waals surface area contributed by atoms with Crippen molar-refractivity contribution >= 4 is 17.1 Å². The summed E-state index contributed by atoms with van der Waals surface area (Å²) in [6.45, 7) is 12.6. The second-order valence-electron chi connectivity index (χ2n) is 10.2. The third-order valence-electron chi connectivity index (χ3n) is 6.06. The van der Waals surface area contributed by atoms with Crippen molar-refractivity contribution in [3.8, 4) is 0 Å². The van der Waals surface area contributed by atoms with Crippen molar-refractivity contribution in [2.75, 3.05) is 6.54 Å². The van der Waals surface area contributed by atoms with Crippen LogP contribution in [-0.4, -0.2) is 47.6 Å². The van der Waals surface area contributed by atoms with Crippen LogP contribution in [0, 0.1) is 10.8 Å². The van der Waals surface area contributed by atoms with E-state index in [1.54, 1.807) is 17.3 Å². The van der Waals surface area contributed by atoms with E-state index in [0.717, 1.165) is 17.8 Å². The second-order valence-corrected chi connectivity index (χ2v) is 12.2. The van der Waals surface area contributed by atoms with Gasteiger partial charge in [-0.15, -0.1) is 0 Å². The molecule has 3 rings (SSSR count). The zero-order valence-electron chi connectivity index (χ0n) is 17.7. The van der Waals surface area contributed by atoms with Gasteiger partial charge in [-0.25, -0.2) is 13.7 Å².